The van der Waals surface area contributed by atoms with E-state index in [2.05, 4.69) is 0 Å². The van der Waals surface area contributed by atoms with Crippen molar-refractivity contribution in [3.05, 3.63) is 60.2 Å². The van der Waals surface area contributed by atoms with Crippen LogP contribution in [0.25, 0.3) is 0 Å². The van der Waals surface area contributed by atoms with Gasteiger partial charge in [0.15, 0.2) is 6.10 Å². The van der Waals surface area contributed by atoms with Crippen LogP contribution in [-0.4, -0.2) is 20.4 Å². The number of carbonyl (C=O) groups is 1. The molecule has 0 aliphatic carbocycles. The Morgan fingerprint density at radius 1 is 1.00 bits per heavy atom. The van der Waals surface area contributed by atoms with E-state index in [9.17, 15) is 22.0 Å². The van der Waals surface area contributed by atoms with Crippen molar-refractivity contribution < 1.29 is 26.7 Å². The Bertz CT molecular complexity index is 808. The first-order valence-corrected chi connectivity index (χ1v) is 8.26. The van der Waals surface area contributed by atoms with Crippen LogP contribution in [0.2, 0.25) is 0 Å². The fourth-order valence-electron chi connectivity index (χ4n) is 1.66. The van der Waals surface area contributed by atoms with Crippen LogP contribution >= 0.6 is 0 Å². The molecule has 0 bridgehead atoms. The second kappa shape index (κ2) is 7.37. The lowest BCUT2D eigenvalue weighted by Gasteiger charge is -2.15. The van der Waals surface area contributed by atoms with Gasteiger partial charge < -0.3 is 4.74 Å². The number of ether oxygens (including phenoxy) is 1. The summed E-state index contributed by atoms with van der Waals surface area (Å²) in [6.07, 6.45) is -1.04. The molecule has 1 amide bonds. The summed E-state index contributed by atoms with van der Waals surface area (Å²) < 4.78 is 54.7. The maximum Gasteiger partial charge on any atom is 0.275 e. The van der Waals surface area contributed by atoms with Crippen molar-refractivity contribution in [2.75, 3.05) is 0 Å². The zero-order valence-electron chi connectivity index (χ0n) is 12.5. The molecule has 24 heavy (non-hydrogen) atoms. The van der Waals surface area contributed by atoms with Crippen molar-refractivity contribution >= 4 is 15.9 Å². The average Bonchev–Trinajstić information content (AvgIpc) is 2.55. The summed E-state index contributed by atoms with van der Waals surface area (Å²) in [5, 5.41) is 0. The summed E-state index contributed by atoms with van der Waals surface area (Å²) >= 11 is 0. The van der Waals surface area contributed by atoms with Crippen molar-refractivity contribution in [1.29, 1.82) is 0 Å². The smallest absolute Gasteiger partial charge is 0.275 e. The van der Waals surface area contributed by atoms with E-state index in [1.54, 1.807) is 0 Å². The van der Waals surface area contributed by atoms with Crippen molar-refractivity contribution in [3.8, 4) is 5.75 Å². The number of hydrogen-bond donors (Lipinski definition) is 2. The van der Waals surface area contributed by atoms with Crippen LogP contribution in [0.1, 0.15) is 6.92 Å². The summed E-state index contributed by atoms with van der Waals surface area (Å²) in [7, 11) is -4.04. The minimum Gasteiger partial charge on any atom is -0.481 e. The molecule has 0 aromatic heterocycles. The molecule has 0 saturated heterocycles. The van der Waals surface area contributed by atoms with Crippen LogP contribution in [0.4, 0.5) is 8.78 Å². The van der Waals surface area contributed by atoms with Crippen LogP contribution in [0.15, 0.2) is 53.4 Å². The minimum atomic E-state index is -4.04. The number of nitrogens with one attached hydrogen (secondary N) is 2. The number of hydrogen-bond acceptors (Lipinski definition) is 4. The molecule has 2 rings (SSSR count). The van der Waals surface area contributed by atoms with Gasteiger partial charge in [-0.3, -0.25) is 10.2 Å². The molecule has 0 aliphatic heterocycles. The molecule has 0 saturated carbocycles. The second-order valence-corrected chi connectivity index (χ2v) is 6.45. The van der Waals surface area contributed by atoms with Crippen LogP contribution in [0, 0.1) is 11.6 Å². The highest BCUT2D eigenvalue weighted by atomic mass is 32.2. The number of sulfonamides is 1. The second-order valence-electron chi connectivity index (χ2n) is 4.76. The number of amides is 1. The van der Waals surface area contributed by atoms with Gasteiger partial charge in [-0.15, -0.1) is 4.83 Å². The van der Waals surface area contributed by atoms with Gasteiger partial charge in [0.2, 0.25) is 0 Å². The van der Waals surface area contributed by atoms with Gasteiger partial charge in [0, 0.05) is 0 Å². The number of halogens is 2. The zero-order chi connectivity index (χ0) is 17.7. The van der Waals surface area contributed by atoms with Gasteiger partial charge in [0.1, 0.15) is 17.4 Å². The molecule has 0 unspecified atom stereocenters. The molecule has 2 aromatic carbocycles. The molecule has 0 spiro atoms. The quantitative estimate of drug-likeness (QED) is 0.772. The average molecular weight is 356 g/mol. The lowest BCUT2D eigenvalue weighted by Crippen LogP contribution is -2.47. The van der Waals surface area contributed by atoms with E-state index in [1.165, 1.54) is 19.1 Å². The third kappa shape index (κ3) is 4.74. The highest BCUT2D eigenvalue weighted by molar-refractivity contribution is 7.89. The highest BCUT2D eigenvalue weighted by Gasteiger charge is 2.19. The van der Waals surface area contributed by atoms with Gasteiger partial charge in [-0.1, -0.05) is 0 Å². The van der Waals surface area contributed by atoms with Gasteiger partial charge in [-0.25, -0.2) is 17.2 Å². The minimum absolute atomic E-state index is 0.212. The molecule has 1 atom stereocenters. The fourth-order valence-corrected chi connectivity index (χ4v) is 2.51. The Hall–Kier alpha value is -2.52. The van der Waals surface area contributed by atoms with E-state index in [4.69, 9.17) is 4.74 Å². The summed E-state index contributed by atoms with van der Waals surface area (Å²) in [4.78, 5) is 13.5. The van der Waals surface area contributed by atoms with Crippen molar-refractivity contribution in [1.82, 2.24) is 10.3 Å². The molecule has 6 nitrogen and oxygen atoms in total. The Labute approximate surface area is 137 Å². The maximum atomic E-state index is 12.8. The summed E-state index contributed by atoms with van der Waals surface area (Å²) in [6.45, 7) is 1.39. The van der Waals surface area contributed by atoms with Crippen molar-refractivity contribution in [3.63, 3.8) is 0 Å². The fraction of sp³-hybridized carbons (Fsp3) is 0.133. The number of carbonyl (C=O) groups excluding carboxylic acids is 1. The van der Waals surface area contributed by atoms with Crippen LogP contribution in [-0.2, 0) is 14.8 Å². The van der Waals surface area contributed by atoms with Crippen LogP contribution in [0.5, 0.6) is 5.75 Å². The van der Waals surface area contributed by atoms with E-state index in [1.807, 2.05) is 10.3 Å². The predicted molar refractivity (Wildman–Crippen MR) is 81.4 cm³/mol. The first-order valence-electron chi connectivity index (χ1n) is 6.77. The molecule has 9 heteroatoms. The van der Waals surface area contributed by atoms with Crippen LogP contribution < -0.4 is 15.0 Å². The van der Waals surface area contributed by atoms with Gasteiger partial charge in [-0.05, 0) is 55.5 Å². The lowest BCUT2D eigenvalue weighted by molar-refractivity contribution is -0.127. The molecular weight excluding hydrogens is 342 g/mol. The zero-order valence-corrected chi connectivity index (χ0v) is 13.3. The summed E-state index contributed by atoms with van der Waals surface area (Å²) in [5.41, 5.74) is 2.00. The molecular formula is C15H14F2N2O4S. The van der Waals surface area contributed by atoms with Crippen molar-refractivity contribution in [2.45, 2.75) is 17.9 Å². The van der Waals surface area contributed by atoms with Crippen molar-refractivity contribution in [2.24, 2.45) is 0 Å². The maximum absolute atomic E-state index is 12.8. The number of benzene rings is 2. The topological polar surface area (TPSA) is 84.5 Å². The highest BCUT2D eigenvalue weighted by Crippen LogP contribution is 2.13. The first-order chi connectivity index (χ1) is 11.3. The third-order valence-electron chi connectivity index (χ3n) is 2.93. The molecule has 128 valence electrons. The predicted octanol–water partition coefficient (Wildman–Crippen LogP) is 1.74. The Kier molecular flexibility index (Phi) is 5.47. The van der Waals surface area contributed by atoms with Gasteiger partial charge in [-0.2, -0.15) is 0 Å². The van der Waals surface area contributed by atoms with E-state index < -0.39 is 33.7 Å². The van der Waals surface area contributed by atoms with E-state index in [0.717, 1.165) is 36.4 Å². The molecule has 0 radical (unpaired) electrons. The largest absolute Gasteiger partial charge is 0.481 e. The van der Waals surface area contributed by atoms with Gasteiger partial charge in [0.05, 0.1) is 4.90 Å². The number of rotatable bonds is 6. The van der Waals surface area contributed by atoms with E-state index >= 15 is 0 Å². The normalized spacial score (nSPS) is 12.5. The molecule has 0 aliphatic rings. The first kappa shape index (κ1) is 17.8. The third-order valence-corrected chi connectivity index (χ3v) is 4.19. The Morgan fingerprint density at radius 3 is 2.04 bits per heavy atom. The Balaban J connectivity index is 1.94. The summed E-state index contributed by atoms with van der Waals surface area (Å²) in [5.74, 6) is -1.55. The SMILES string of the molecule is C[C@H](Oc1ccc(F)cc1)C(=O)NNS(=O)(=O)c1ccc(F)cc1. The molecule has 2 aromatic rings. The summed E-state index contributed by atoms with van der Waals surface area (Å²) in [6, 6.07) is 9.08. The molecule has 2 N–H and O–H groups in total. The lowest BCUT2D eigenvalue weighted by atomic mass is 10.3. The van der Waals surface area contributed by atoms with Crippen LogP contribution in [0.3, 0.4) is 0 Å². The molecule has 0 heterocycles. The van der Waals surface area contributed by atoms with E-state index in [0.29, 0.717) is 0 Å². The van der Waals surface area contributed by atoms with Gasteiger partial charge >= 0.3 is 0 Å². The van der Waals surface area contributed by atoms with E-state index in [-0.39, 0.29) is 10.6 Å². The number of hydrazine groups is 1. The molecule has 0 fully saturated rings. The standard InChI is InChI=1S/C15H14F2N2O4S/c1-10(23-13-6-2-11(16)3-7-13)15(20)18-19-24(21,22)14-8-4-12(17)5-9-14/h2-10,19H,1H3,(H,18,20)/t10-/m0/s1. The van der Waals surface area contributed by atoms with Gasteiger partial charge in [0.25, 0.3) is 15.9 Å². The monoisotopic (exact) mass is 356 g/mol. The Morgan fingerprint density at radius 2 is 1.50 bits per heavy atom.